The lowest BCUT2D eigenvalue weighted by atomic mass is 10.0. The molecule has 1 atom stereocenters. The third kappa shape index (κ3) is 3.76. The molecule has 0 aromatic heterocycles. The molecule has 0 aliphatic carbocycles. The van der Waals surface area contributed by atoms with Crippen molar-refractivity contribution in [2.24, 2.45) is 0 Å². The van der Waals surface area contributed by atoms with E-state index in [0.717, 1.165) is 11.1 Å². The summed E-state index contributed by atoms with van der Waals surface area (Å²) in [7, 11) is 1.56. The third-order valence-corrected chi connectivity index (χ3v) is 2.59. The fraction of sp³-hybridized carbons (Fsp3) is 0.385. The summed E-state index contributed by atoms with van der Waals surface area (Å²) >= 11 is 0. The molecular formula is C13H17NO4. The molecule has 1 aromatic carbocycles. The van der Waals surface area contributed by atoms with Crippen LogP contribution in [0.15, 0.2) is 18.2 Å². The topological polar surface area (TPSA) is 75.6 Å². The number of methoxy groups -OCH3 is 1. The zero-order valence-corrected chi connectivity index (χ0v) is 10.7. The number of nitrogens with one attached hydrogen (secondary N) is 1. The average Bonchev–Trinajstić information content (AvgIpc) is 2.29. The summed E-state index contributed by atoms with van der Waals surface area (Å²) in [6.45, 7) is 3.21. The van der Waals surface area contributed by atoms with E-state index in [1.807, 2.05) is 19.1 Å². The molecule has 1 rings (SSSR count). The Morgan fingerprint density at radius 2 is 2.11 bits per heavy atom. The zero-order chi connectivity index (χ0) is 13.7. The van der Waals surface area contributed by atoms with Gasteiger partial charge in [-0.1, -0.05) is 12.1 Å². The number of ether oxygens (including phenoxy) is 1. The summed E-state index contributed by atoms with van der Waals surface area (Å²) in [4.78, 5) is 21.9. The monoisotopic (exact) mass is 251 g/mol. The molecule has 5 heteroatoms. The molecule has 1 aromatic rings. The van der Waals surface area contributed by atoms with Crippen molar-refractivity contribution in [2.75, 3.05) is 7.11 Å². The van der Waals surface area contributed by atoms with Crippen LogP contribution in [-0.4, -0.2) is 30.1 Å². The largest absolute Gasteiger partial charge is 0.496 e. The van der Waals surface area contributed by atoms with Gasteiger partial charge in [-0.05, 0) is 24.1 Å². The number of carbonyl (C=O) groups excluding carboxylic acids is 1. The van der Waals surface area contributed by atoms with Crippen molar-refractivity contribution in [3.05, 3.63) is 29.3 Å². The molecule has 98 valence electrons. The van der Waals surface area contributed by atoms with Crippen molar-refractivity contribution in [1.82, 2.24) is 5.32 Å². The molecule has 0 radical (unpaired) electrons. The maximum Gasteiger partial charge on any atom is 0.326 e. The molecule has 5 nitrogen and oxygen atoms in total. The van der Waals surface area contributed by atoms with Crippen molar-refractivity contribution in [1.29, 1.82) is 0 Å². The summed E-state index contributed by atoms with van der Waals surface area (Å²) < 4.78 is 5.17. The molecule has 0 aliphatic heterocycles. The predicted octanol–water partition coefficient (Wildman–Crippen LogP) is 1.14. The molecule has 0 aliphatic rings. The molecule has 0 saturated carbocycles. The highest BCUT2D eigenvalue weighted by molar-refractivity contribution is 5.82. The molecular weight excluding hydrogens is 234 g/mol. The Morgan fingerprint density at radius 1 is 1.44 bits per heavy atom. The molecule has 0 fully saturated rings. The van der Waals surface area contributed by atoms with Crippen molar-refractivity contribution in [3.8, 4) is 5.75 Å². The summed E-state index contributed by atoms with van der Waals surface area (Å²) in [5.74, 6) is -0.703. The number of carbonyl (C=O) groups is 2. The first kappa shape index (κ1) is 14.0. The number of aliphatic carboxylic acids is 1. The normalized spacial score (nSPS) is 11.7. The van der Waals surface area contributed by atoms with E-state index in [0.29, 0.717) is 5.75 Å². The second-order valence-electron chi connectivity index (χ2n) is 4.10. The molecule has 1 amide bonds. The van der Waals surface area contributed by atoms with Gasteiger partial charge in [0.25, 0.3) is 0 Å². The van der Waals surface area contributed by atoms with Crippen LogP contribution >= 0.6 is 0 Å². The van der Waals surface area contributed by atoms with Crippen LogP contribution in [0.1, 0.15) is 18.1 Å². The van der Waals surface area contributed by atoms with E-state index >= 15 is 0 Å². The highest BCUT2D eigenvalue weighted by Gasteiger charge is 2.19. The second kappa shape index (κ2) is 6.05. The first-order valence-corrected chi connectivity index (χ1v) is 5.57. The average molecular weight is 251 g/mol. The Balaban J connectivity index is 2.87. The summed E-state index contributed by atoms with van der Waals surface area (Å²) in [5.41, 5.74) is 1.78. The molecule has 0 spiro atoms. The lowest BCUT2D eigenvalue weighted by Crippen LogP contribution is -2.41. The van der Waals surface area contributed by atoms with Crippen LogP contribution in [0.25, 0.3) is 0 Å². The Kier molecular flexibility index (Phi) is 4.71. The van der Waals surface area contributed by atoms with Gasteiger partial charge < -0.3 is 15.2 Å². The van der Waals surface area contributed by atoms with Gasteiger partial charge in [0, 0.05) is 13.3 Å². The Bertz CT molecular complexity index is 456. The fourth-order valence-corrected chi connectivity index (χ4v) is 1.67. The molecule has 0 unspecified atom stereocenters. The molecule has 0 saturated heterocycles. The first-order chi connectivity index (χ1) is 8.43. The number of rotatable bonds is 5. The maximum absolute atomic E-state index is 11.0. The number of aryl methyl sites for hydroxylation is 1. The minimum atomic E-state index is -1.05. The smallest absolute Gasteiger partial charge is 0.326 e. The van der Waals surface area contributed by atoms with Crippen molar-refractivity contribution in [3.63, 3.8) is 0 Å². The number of amides is 1. The van der Waals surface area contributed by atoms with E-state index in [4.69, 9.17) is 9.84 Å². The van der Waals surface area contributed by atoms with E-state index < -0.39 is 12.0 Å². The van der Waals surface area contributed by atoms with Crippen LogP contribution in [0.4, 0.5) is 0 Å². The number of benzene rings is 1. The van der Waals surface area contributed by atoms with Crippen molar-refractivity contribution >= 4 is 11.9 Å². The number of hydrogen-bond donors (Lipinski definition) is 2. The zero-order valence-electron chi connectivity index (χ0n) is 10.7. The summed E-state index contributed by atoms with van der Waals surface area (Å²) in [6.07, 6.45) is 0.228. The standard InChI is InChI=1S/C13H17NO4/c1-8-4-5-10(7-12(8)18-3)6-11(13(16)17)14-9(2)15/h4-5,7,11H,6H2,1-3H3,(H,14,15)(H,16,17)/t11-/m0/s1. The number of hydrogen-bond acceptors (Lipinski definition) is 3. The van der Waals surface area contributed by atoms with Crippen LogP contribution in [-0.2, 0) is 16.0 Å². The van der Waals surface area contributed by atoms with E-state index in [1.165, 1.54) is 6.92 Å². The van der Waals surface area contributed by atoms with Crippen LogP contribution in [0.2, 0.25) is 0 Å². The molecule has 0 bridgehead atoms. The maximum atomic E-state index is 11.0. The van der Waals surface area contributed by atoms with Crippen LogP contribution in [0.5, 0.6) is 5.75 Å². The van der Waals surface area contributed by atoms with Gasteiger partial charge in [-0.25, -0.2) is 4.79 Å². The van der Waals surface area contributed by atoms with Gasteiger partial charge in [0.05, 0.1) is 7.11 Å². The fourth-order valence-electron chi connectivity index (χ4n) is 1.67. The van der Waals surface area contributed by atoms with E-state index in [2.05, 4.69) is 5.32 Å². The van der Waals surface area contributed by atoms with Crippen LogP contribution in [0.3, 0.4) is 0 Å². The van der Waals surface area contributed by atoms with Gasteiger partial charge in [-0.2, -0.15) is 0 Å². The molecule has 2 N–H and O–H groups in total. The Morgan fingerprint density at radius 3 is 2.61 bits per heavy atom. The Hall–Kier alpha value is -2.04. The molecule has 18 heavy (non-hydrogen) atoms. The highest BCUT2D eigenvalue weighted by atomic mass is 16.5. The van der Waals surface area contributed by atoms with Gasteiger partial charge >= 0.3 is 5.97 Å². The second-order valence-corrected chi connectivity index (χ2v) is 4.10. The van der Waals surface area contributed by atoms with Gasteiger partial charge in [0.2, 0.25) is 5.91 Å². The quantitative estimate of drug-likeness (QED) is 0.822. The van der Waals surface area contributed by atoms with Gasteiger partial charge in [-0.15, -0.1) is 0 Å². The summed E-state index contributed by atoms with van der Waals surface area (Å²) in [5, 5.41) is 11.4. The van der Waals surface area contributed by atoms with Gasteiger partial charge in [0.15, 0.2) is 0 Å². The minimum absolute atomic E-state index is 0.228. The Labute approximate surface area is 106 Å². The third-order valence-electron chi connectivity index (χ3n) is 2.59. The number of carboxylic acid groups (broad SMARTS) is 1. The van der Waals surface area contributed by atoms with E-state index in [1.54, 1.807) is 13.2 Å². The minimum Gasteiger partial charge on any atom is -0.496 e. The SMILES string of the molecule is COc1cc(C[C@H](NC(C)=O)C(=O)O)ccc1C. The first-order valence-electron chi connectivity index (χ1n) is 5.57. The number of carboxylic acids is 1. The van der Waals surface area contributed by atoms with E-state index in [-0.39, 0.29) is 12.3 Å². The summed E-state index contributed by atoms with van der Waals surface area (Å²) in [6, 6.07) is 4.55. The lowest BCUT2D eigenvalue weighted by Gasteiger charge is -2.14. The molecule has 0 heterocycles. The van der Waals surface area contributed by atoms with Crippen molar-refractivity contribution in [2.45, 2.75) is 26.3 Å². The van der Waals surface area contributed by atoms with Crippen LogP contribution < -0.4 is 10.1 Å². The van der Waals surface area contributed by atoms with Crippen LogP contribution in [0, 0.1) is 6.92 Å². The predicted molar refractivity (Wildman–Crippen MR) is 66.7 cm³/mol. The van der Waals surface area contributed by atoms with Gasteiger partial charge in [-0.3, -0.25) is 4.79 Å². The lowest BCUT2D eigenvalue weighted by molar-refractivity contribution is -0.141. The van der Waals surface area contributed by atoms with Crippen molar-refractivity contribution < 1.29 is 19.4 Å². The van der Waals surface area contributed by atoms with E-state index in [9.17, 15) is 9.59 Å². The van der Waals surface area contributed by atoms with Gasteiger partial charge in [0.1, 0.15) is 11.8 Å². The highest BCUT2D eigenvalue weighted by Crippen LogP contribution is 2.19.